The van der Waals surface area contributed by atoms with E-state index < -0.39 is 0 Å². The Labute approximate surface area is 235 Å². The van der Waals surface area contributed by atoms with E-state index in [1.54, 1.807) is 5.01 Å². The number of hydrogen-bond donors (Lipinski definition) is 1. The average molecular weight is 519 g/mol. The normalized spacial score (nSPS) is 10.6. The molecule has 6 rings (SSSR count). The average Bonchev–Trinajstić information content (AvgIpc) is 3.04. The maximum absolute atomic E-state index is 6.62. The highest BCUT2D eigenvalue weighted by Gasteiger charge is 2.15. The minimum absolute atomic E-state index is 0.903. The van der Waals surface area contributed by atoms with Gasteiger partial charge in [-0.1, -0.05) is 72.8 Å². The van der Waals surface area contributed by atoms with Crippen LogP contribution in [0.15, 0.2) is 170 Å². The lowest BCUT2D eigenvalue weighted by molar-refractivity contribution is 1.08. The van der Waals surface area contributed by atoms with Crippen LogP contribution in [-0.4, -0.2) is 0 Å². The third kappa shape index (κ3) is 5.30. The second-order valence-corrected chi connectivity index (χ2v) is 9.42. The van der Waals surface area contributed by atoms with Gasteiger partial charge in [0.05, 0.1) is 11.4 Å². The molecule has 6 aromatic rings. The van der Waals surface area contributed by atoms with Gasteiger partial charge in [0.1, 0.15) is 0 Å². The zero-order valence-electron chi connectivity index (χ0n) is 22.1. The molecule has 4 heteroatoms. The summed E-state index contributed by atoms with van der Waals surface area (Å²) in [7, 11) is 0. The van der Waals surface area contributed by atoms with E-state index in [9.17, 15) is 0 Å². The van der Waals surface area contributed by atoms with Gasteiger partial charge in [-0.25, -0.2) is 5.84 Å². The van der Waals surface area contributed by atoms with Crippen molar-refractivity contribution in [2.24, 2.45) is 5.84 Å². The second kappa shape index (κ2) is 11.6. The van der Waals surface area contributed by atoms with Crippen LogP contribution in [0.25, 0.3) is 0 Å². The first-order chi connectivity index (χ1) is 19.8. The Bertz CT molecular complexity index is 1420. The van der Waals surface area contributed by atoms with Crippen molar-refractivity contribution in [2.45, 2.75) is 0 Å². The molecule has 0 saturated heterocycles. The van der Waals surface area contributed by atoms with E-state index >= 15 is 0 Å². The van der Waals surface area contributed by atoms with Gasteiger partial charge in [-0.2, -0.15) is 0 Å². The van der Waals surface area contributed by atoms with Crippen molar-refractivity contribution < 1.29 is 0 Å². The number of nitrogens with zero attached hydrogens (tertiary/aromatic N) is 3. The Morgan fingerprint density at radius 1 is 0.250 bits per heavy atom. The van der Waals surface area contributed by atoms with Crippen LogP contribution in [0.5, 0.6) is 0 Å². The first-order valence-corrected chi connectivity index (χ1v) is 13.3. The minimum atomic E-state index is 0.903. The summed E-state index contributed by atoms with van der Waals surface area (Å²) >= 11 is 0. The van der Waals surface area contributed by atoms with Crippen LogP contribution in [0, 0.1) is 0 Å². The molecule has 0 fully saturated rings. The summed E-state index contributed by atoms with van der Waals surface area (Å²) in [5.74, 6) is 6.62. The van der Waals surface area contributed by atoms with Crippen molar-refractivity contribution in [3.8, 4) is 0 Å². The molecule has 0 atom stereocenters. The van der Waals surface area contributed by atoms with Crippen LogP contribution < -0.4 is 20.7 Å². The number of hydrogen-bond acceptors (Lipinski definition) is 4. The highest BCUT2D eigenvalue weighted by molar-refractivity contribution is 5.79. The number of rotatable bonds is 8. The number of nitrogens with two attached hydrogens (primary N) is 1. The maximum atomic E-state index is 6.62. The standard InChI is InChI=1S/C36H30N4/c37-40(35-25-21-33(22-26-35)38(29-13-5-1-6-14-29)30-15-7-2-8-16-30)36-27-23-34(24-28-36)39(31-17-9-3-10-18-31)32-19-11-4-12-20-32/h1-28H,37H2. The largest absolute Gasteiger partial charge is 0.311 e. The van der Waals surface area contributed by atoms with Crippen molar-refractivity contribution in [3.63, 3.8) is 0 Å². The zero-order valence-corrected chi connectivity index (χ0v) is 22.1. The summed E-state index contributed by atoms with van der Waals surface area (Å²) in [6.45, 7) is 0. The fourth-order valence-corrected chi connectivity index (χ4v) is 4.88. The SMILES string of the molecule is NN(c1ccc(N(c2ccccc2)c2ccccc2)cc1)c1ccc(N(c2ccccc2)c2ccccc2)cc1. The Morgan fingerprint density at radius 3 is 0.700 bits per heavy atom. The zero-order chi connectivity index (χ0) is 27.1. The van der Waals surface area contributed by atoms with Gasteiger partial charge in [-0.15, -0.1) is 0 Å². The third-order valence-corrected chi connectivity index (χ3v) is 6.83. The highest BCUT2D eigenvalue weighted by atomic mass is 15.4. The molecule has 0 bridgehead atoms. The van der Waals surface area contributed by atoms with E-state index in [0.717, 1.165) is 45.5 Å². The molecule has 0 spiro atoms. The second-order valence-electron chi connectivity index (χ2n) is 9.42. The lowest BCUT2D eigenvalue weighted by Gasteiger charge is -2.27. The summed E-state index contributed by atoms with van der Waals surface area (Å²) in [5, 5.41) is 1.72. The van der Waals surface area contributed by atoms with Crippen LogP contribution in [0.3, 0.4) is 0 Å². The van der Waals surface area contributed by atoms with Gasteiger partial charge in [-0.3, -0.25) is 5.01 Å². The molecule has 0 unspecified atom stereocenters. The van der Waals surface area contributed by atoms with Gasteiger partial charge in [-0.05, 0) is 97.1 Å². The van der Waals surface area contributed by atoms with Crippen molar-refractivity contribution >= 4 is 45.5 Å². The van der Waals surface area contributed by atoms with E-state index in [1.165, 1.54) is 0 Å². The molecule has 0 radical (unpaired) electrons. The van der Waals surface area contributed by atoms with Crippen molar-refractivity contribution in [2.75, 3.05) is 14.8 Å². The topological polar surface area (TPSA) is 35.7 Å². The lowest BCUT2D eigenvalue weighted by Crippen LogP contribution is -2.25. The maximum Gasteiger partial charge on any atom is 0.0576 e. The smallest absolute Gasteiger partial charge is 0.0576 e. The van der Waals surface area contributed by atoms with Crippen molar-refractivity contribution in [3.05, 3.63) is 170 Å². The molecule has 4 nitrogen and oxygen atoms in total. The molecule has 0 heterocycles. The van der Waals surface area contributed by atoms with Crippen LogP contribution >= 0.6 is 0 Å². The van der Waals surface area contributed by atoms with Crippen molar-refractivity contribution in [1.29, 1.82) is 0 Å². The third-order valence-electron chi connectivity index (χ3n) is 6.83. The molecule has 0 saturated carbocycles. The summed E-state index contributed by atoms with van der Waals surface area (Å²) in [5.41, 5.74) is 8.33. The Kier molecular flexibility index (Phi) is 7.25. The molecule has 0 aromatic heterocycles. The molecular weight excluding hydrogens is 488 g/mol. The van der Waals surface area contributed by atoms with E-state index in [-0.39, 0.29) is 0 Å². The highest BCUT2D eigenvalue weighted by Crippen LogP contribution is 2.37. The van der Waals surface area contributed by atoms with Gasteiger partial charge < -0.3 is 9.80 Å². The molecule has 40 heavy (non-hydrogen) atoms. The van der Waals surface area contributed by atoms with E-state index in [0.29, 0.717) is 0 Å². The Balaban J connectivity index is 1.27. The summed E-state index contributed by atoms with van der Waals surface area (Å²) in [6, 6.07) is 58.2. The van der Waals surface area contributed by atoms with Crippen molar-refractivity contribution in [1.82, 2.24) is 0 Å². The Hall–Kier alpha value is -5.32. The number of anilines is 8. The first kappa shape index (κ1) is 25.0. The van der Waals surface area contributed by atoms with Crippen LogP contribution in [0.1, 0.15) is 0 Å². The predicted octanol–water partition coefficient (Wildman–Crippen LogP) is 9.64. The minimum Gasteiger partial charge on any atom is -0.311 e. The van der Waals surface area contributed by atoms with Crippen LogP contribution in [-0.2, 0) is 0 Å². The number of benzene rings is 6. The van der Waals surface area contributed by atoms with Crippen LogP contribution in [0.4, 0.5) is 45.5 Å². The Morgan fingerprint density at radius 2 is 0.450 bits per heavy atom. The lowest BCUT2D eigenvalue weighted by atomic mass is 10.1. The molecule has 0 aliphatic heterocycles. The van der Waals surface area contributed by atoms with Gasteiger partial charge in [0.25, 0.3) is 0 Å². The van der Waals surface area contributed by atoms with Gasteiger partial charge in [0.2, 0.25) is 0 Å². The molecule has 0 aliphatic rings. The number of hydrazine groups is 1. The summed E-state index contributed by atoms with van der Waals surface area (Å²) < 4.78 is 0. The fraction of sp³-hybridized carbons (Fsp3) is 0. The van der Waals surface area contributed by atoms with Gasteiger partial charge >= 0.3 is 0 Å². The molecule has 0 aliphatic carbocycles. The number of para-hydroxylation sites is 4. The van der Waals surface area contributed by atoms with Gasteiger partial charge in [0.15, 0.2) is 0 Å². The predicted molar refractivity (Wildman–Crippen MR) is 169 cm³/mol. The van der Waals surface area contributed by atoms with Crippen LogP contribution in [0.2, 0.25) is 0 Å². The van der Waals surface area contributed by atoms with E-state index in [2.05, 4.69) is 155 Å². The molecule has 0 amide bonds. The summed E-state index contributed by atoms with van der Waals surface area (Å²) in [6.07, 6.45) is 0. The van der Waals surface area contributed by atoms with Gasteiger partial charge in [0, 0.05) is 34.1 Å². The molecule has 194 valence electrons. The monoisotopic (exact) mass is 518 g/mol. The van der Waals surface area contributed by atoms with E-state index in [4.69, 9.17) is 5.84 Å². The van der Waals surface area contributed by atoms with E-state index in [1.807, 2.05) is 24.3 Å². The quantitative estimate of drug-likeness (QED) is 0.161. The summed E-state index contributed by atoms with van der Waals surface area (Å²) in [4.78, 5) is 4.47. The molecule has 6 aromatic carbocycles. The first-order valence-electron chi connectivity index (χ1n) is 13.3. The molecule has 2 N–H and O–H groups in total. The molecular formula is C36H30N4. The fourth-order valence-electron chi connectivity index (χ4n) is 4.88.